The number of rotatable bonds is 6. The van der Waals surface area contributed by atoms with Crippen molar-refractivity contribution in [3.05, 3.63) is 65.7 Å². The highest BCUT2D eigenvalue weighted by Crippen LogP contribution is 2.31. The summed E-state index contributed by atoms with van der Waals surface area (Å²) in [6.07, 6.45) is 2.35. The fraction of sp³-hybridized carbons (Fsp3) is 0.280. The molecule has 1 aliphatic heterocycles. The van der Waals surface area contributed by atoms with Crippen molar-refractivity contribution in [3.8, 4) is 16.9 Å². The molecule has 154 valence electrons. The molecule has 1 saturated heterocycles. The van der Waals surface area contributed by atoms with Gasteiger partial charge in [0.15, 0.2) is 0 Å². The Hall–Kier alpha value is -3.34. The molecule has 0 atom stereocenters. The maximum Gasteiger partial charge on any atom is 0.337 e. The second-order valence-corrected chi connectivity index (χ2v) is 7.53. The lowest BCUT2D eigenvalue weighted by atomic mass is 9.94. The number of hydrogen-bond donors (Lipinski definition) is 0. The maximum atomic E-state index is 12.0. The average Bonchev–Trinajstić information content (AvgIpc) is 3.21. The third-order valence-corrected chi connectivity index (χ3v) is 5.69. The van der Waals surface area contributed by atoms with Crippen LogP contribution in [0, 0.1) is 0 Å². The topological polar surface area (TPSA) is 55.8 Å². The first-order chi connectivity index (χ1) is 14.6. The van der Waals surface area contributed by atoms with Gasteiger partial charge >= 0.3 is 5.97 Å². The van der Waals surface area contributed by atoms with Crippen molar-refractivity contribution in [3.63, 3.8) is 0 Å². The molecule has 1 amide bonds. The van der Waals surface area contributed by atoms with Crippen LogP contribution in [-0.2, 0) is 16.0 Å². The number of carbonyl (C=O) groups excluding carboxylic acids is 2. The second-order valence-electron chi connectivity index (χ2n) is 7.53. The summed E-state index contributed by atoms with van der Waals surface area (Å²) < 4.78 is 10.3. The van der Waals surface area contributed by atoms with Crippen LogP contribution in [0.3, 0.4) is 0 Å². The van der Waals surface area contributed by atoms with Gasteiger partial charge in [0.1, 0.15) is 5.75 Å². The lowest BCUT2D eigenvalue weighted by Gasteiger charge is -2.17. The minimum absolute atomic E-state index is 0.235. The van der Waals surface area contributed by atoms with E-state index in [-0.39, 0.29) is 11.9 Å². The molecule has 5 heteroatoms. The molecule has 5 nitrogen and oxygen atoms in total. The number of hydrogen-bond acceptors (Lipinski definition) is 4. The number of ether oxygens (including phenoxy) is 2. The molecular formula is C25H25NO4. The Bertz CT molecular complexity index is 1110. The molecule has 1 heterocycles. The number of esters is 1. The highest BCUT2D eigenvalue weighted by Gasteiger charge is 2.20. The summed E-state index contributed by atoms with van der Waals surface area (Å²) in [7, 11) is 3.05. The van der Waals surface area contributed by atoms with Gasteiger partial charge in [-0.05, 0) is 70.6 Å². The van der Waals surface area contributed by atoms with E-state index in [1.165, 1.54) is 7.11 Å². The minimum Gasteiger partial charge on any atom is -0.497 e. The van der Waals surface area contributed by atoms with E-state index in [0.717, 1.165) is 52.6 Å². The molecule has 1 fully saturated rings. The van der Waals surface area contributed by atoms with E-state index in [2.05, 4.69) is 12.1 Å². The Balaban J connectivity index is 1.75. The van der Waals surface area contributed by atoms with E-state index < -0.39 is 0 Å². The van der Waals surface area contributed by atoms with Crippen LogP contribution in [-0.4, -0.2) is 44.1 Å². The summed E-state index contributed by atoms with van der Waals surface area (Å²) in [5.41, 5.74) is 3.66. The molecule has 0 saturated carbocycles. The van der Waals surface area contributed by atoms with E-state index in [1.54, 1.807) is 13.2 Å². The molecule has 30 heavy (non-hydrogen) atoms. The monoisotopic (exact) mass is 403 g/mol. The van der Waals surface area contributed by atoms with Crippen molar-refractivity contribution >= 4 is 22.6 Å². The van der Waals surface area contributed by atoms with E-state index in [1.807, 2.05) is 41.3 Å². The van der Waals surface area contributed by atoms with Crippen LogP contribution < -0.4 is 4.74 Å². The number of amides is 1. The normalized spacial score (nSPS) is 13.7. The van der Waals surface area contributed by atoms with Crippen LogP contribution in [0.25, 0.3) is 21.9 Å². The highest BCUT2D eigenvalue weighted by molar-refractivity contribution is 5.94. The lowest BCUT2D eigenvalue weighted by molar-refractivity contribution is -0.127. The lowest BCUT2D eigenvalue weighted by Crippen LogP contribution is -2.26. The van der Waals surface area contributed by atoms with Gasteiger partial charge in [-0.3, -0.25) is 4.79 Å². The summed E-state index contributed by atoms with van der Waals surface area (Å²) in [6.45, 7) is 1.54. The molecule has 0 unspecified atom stereocenters. The zero-order chi connectivity index (χ0) is 21.1. The highest BCUT2D eigenvalue weighted by atomic mass is 16.5. The first kappa shape index (κ1) is 20.0. The molecule has 0 N–H and O–H groups in total. The van der Waals surface area contributed by atoms with Gasteiger partial charge in [0.2, 0.25) is 5.91 Å². The van der Waals surface area contributed by atoms with Gasteiger partial charge < -0.3 is 14.4 Å². The Labute approximate surface area is 176 Å². The van der Waals surface area contributed by atoms with Crippen molar-refractivity contribution in [2.75, 3.05) is 27.3 Å². The number of nitrogens with zero attached hydrogens (tertiary/aromatic N) is 1. The zero-order valence-electron chi connectivity index (χ0n) is 17.3. The Kier molecular flexibility index (Phi) is 5.70. The fourth-order valence-corrected chi connectivity index (χ4v) is 4.05. The Morgan fingerprint density at radius 1 is 1.03 bits per heavy atom. The SMILES string of the molecule is COC(=O)c1cccc(-c2cc(CCN3CCCC3=O)c3cc(OC)ccc3c2)c1. The second kappa shape index (κ2) is 8.57. The first-order valence-corrected chi connectivity index (χ1v) is 10.2. The number of likely N-dealkylation sites (tertiary alicyclic amines) is 1. The van der Waals surface area contributed by atoms with Crippen LogP contribution >= 0.6 is 0 Å². The summed E-state index contributed by atoms with van der Waals surface area (Å²) in [4.78, 5) is 25.9. The molecule has 1 aliphatic rings. The van der Waals surface area contributed by atoms with Crippen molar-refractivity contribution in [2.45, 2.75) is 19.3 Å². The molecule has 3 aromatic rings. The van der Waals surface area contributed by atoms with Gasteiger partial charge in [0.25, 0.3) is 0 Å². The summed E-state index contributed by atoms with van der Waals surface area (Å²) in [5.74, 6) is 0.690. The summed E-state index contributed by atoms with van der Waals surface area (Å²) >= 11 is 0. The molecule has 3 aromatic carbocycles. The van der Waals surface area contributed by atoms with Crippen molar-refractivity contribution in [1.29, 1.82) is 0 Å². The Morgan fingerprint density at radius 3 is 2.63 bits per heavy atom. The van der Waals surface area contributed by atoms with E-state index in [0.29, 0.717) is 18.5 Å². The zero-order valence-corrected chi connectivity index (χ0v) is 17.3. The third kappa shape index (κ3) is 4.01. The molecule has 0 spiro atoms. The number of carbonyl (C=O) groups is 2. The van der Waals surface area contributed by atoms with E-state index >= 15 is 0 Å². The van der Waals surface area contributed by atoms with Crippen LogP contribution in [0.2, 0.25) is 0 Å². The predicted octanol–water partition coefficient (Wildman–Crippen LogP) is 4.47. The summed E-state index contributed by atoms with van der Waals surface area (Å²) in [6, 6.07) is 17.8. The van der Waals surface area contributed by atoms with E-state index in [9.17, 15) is 9.59 Å². The number of fused-ring (bicyclic) bond motifs is 1. The van der Waals surface area contributed by atoms with Crippen LogP contribution in [0.15, 0.2) is 54.6 Å². The van der Waals surface area contributed by atoms with Gasteiger partial charge in [-0.25, -0.2) is 4.79 Å². The van der Waals surface area contributed by atoms with Crippen LogP contribution in [0.1, 0.15) is 28.8 Å². The maximum absolute atomic E-state index is 12.0. The van der Waals surface area contributed by atoms with Crippen molar-refractivity contribution in [2.24, 2.45) is 0 Å². The standard InChI is InChI=1S/C25H25NO4/c1-29-22-9-8-18-14-21(17-5-3-6-20(13-17)25(28)30-2)15-19(23(18)16-22)10-12-26-11-4-7-24(26)27/h3,5-6,8-9,13-16H,4,7,10-12H2,1-2H3. The van der Waals surface area contributed by atoms with Crippen LogP contribution in [0.4, 0.5) is 0 Å². The van der Waals surface area contributed by atoms with E-state index in [4.69, 9.17) is 9.47 Å². The van der Waals surface area contributed by atoms with Gasteiger partial charge in [-0.2, -0.15) is 0 Å². The molecule has 0 aliphatic carbocycles. The van der Waals surface area contributed by atoms with Gasteiger partial charge in [-0.15, -0.1) is 0 Å². The summed E-state index contributed by atoms with van der Waals surface area (Å²) in [5, 5.41) is 2.22. The van der Waals surface area contributed by atoms with Gasteiger partial charge in [-0.1, -0.05) is 24.3 Å². The largest absolute Gasteiger partial charge is 0.497 e. The first-order valence-electron chi connectivity index (χ1n) is 10.2. The minimum atomic E-state index is -0.352. The smallest absolute Gasteiger partial charge is 0.337 e. The van der Waals surface area contributed by atoms with Crippen LogP contribution in [0.5, 0.6) is 5.75 Å². The van der Waals surface area contributed by atoms with Crippen molar-refractivity contribution in [1.82, 2.24) is 4.90 Å². The third-order valence-electron chi connectivity index (χ3n) is 5.69. The van der Waals surface area contributed by atoms with Gasteiger partial charge in [0.05, 0.1) is 19.8 Å². The van der Waals surface area contributed by atoms with Gasteiger partial charge in [0, 0.05) is 19.5 Å². The molecule has 0 bridgehead atoms. The average molecular weight is 403 g/mol. The fourth-order valence-electron chi connectivity index (χ4n) is 4.05. The number of methoxy groups -OCH3 is 2. The molecule has 0 radical (unpaired) electrons. The predicted molar refractivity (Wildman–Crippen MR) is 117 cm³/mol. The number of benzene rings is 3. The quantitative estimate of drug-likeness (QED) is 0.570. The molecule has 4 rings (SSSR count). The van der Waals surface area contributed by atoms with Crippen molar-refractivity contribution < 1.29 is 19.1 Å². The molecule has 0 aromatic heterocycles. The Morgan fingerprint density at radius 2 is 1.90 bits per heavy atom. The molecular weight excluding hydrogens is 378 g/mol.